The van der Waals surface area contributed by atoms with Crippen LogP contribution in [0.2, 0.25) is 0 Å². The van der Waals surface area contributed by atoms with E-state index in [2.05, 4.69) is 15.4 Å². The molecular weight excluding hydrogens is 217 g/mol. The minimum absolute atomic E-state index is 0.149. The number of aromatic amines is 1. The number of ether oxygens (including phenoxy) is 1. The lowest BCUT2D eigenvalue weighted by molar-refractivity contribution is 0.0687. The van der Waals surface area contributed by atoms with Crippen LogP contribution in [0.5, 0.6) is 11.6 Å². The Morgan fingerprint density at radius 2 is 2.31 bits per heavy atom. The highest BCUT2D eigenvalue weighted by Crippen LogP contribution is 2.21. The molecule has 1 heterocycles. The summed E-state index contributed by atoms with van der Waals surface area (Å²) in [7, 11) is 0. The van der Waals surface area contributed by atoms with Crippen molar-refractivity contribution in [3.63, 3.8) is 0 Å². The number of aromatic nitrogens is 3. The van der Waals surface area contributed by atoms with Crippen LogP contribution in [0.25, 0.3) is 0 Å². The summed E-state index contributed by atoms with van der Waals surface area (Å²) in [5.41, 5.74) is -0.288. The van der Waals surface area contributed by atoms with Gasteiger partial charge in [0.15, 0.2) is 0 Å². The van der Waals surface area contributed by atoms with Crippen LogP contribution in [0.15, 0.2) is 24.3 Å². The zero-order valence-corrected chi connectivity index (χ0v) is 7.85. The molecule has 0 radical (unpaired) electrons. The first-order chi connectivity index (χ1) is 7.66. The van der Waals surface area contributed by atoms with E-state index >= 15 is 0 Å². The molecule has 1 aromatic heterocycles. The molecule has 0 bridgehead atoms. The summed E-state index contributed by atoms with van der Waals surface area (Å²) in [6, 6.07) is 5.27. The Hall–Kier alpha value is -2.44. The van der Waals surface area contributed by atoms with Gasteiger partial charge in [0.05, 0.1) is 0 Å². The summed E-state index contributed by atoms with van der Waals surface area (Å²) in [5, 5.41) is 17.6. The largest absolute Gasteiger partial charge is 0.476 e. The maximum Gasteiger partial charge on any atom is 0.359 e. The van der Waals surface area contributed by atoms with Gasteiger partial charge < -0.3 is 9.84 Å². The number of rotatable bonds is 3. The molecule has 0 aliphatic rings. The Bertz CT molecular complexity index is 526. The lowest BCUT2D eigenvalue weighted by atomic mass is 10.3. The number of carboxylic acid groups (broad SMARTS) is 1. The number of hydrogen-bond donors (Lipinski definition) is 2. The minimum atomic E-state index is -1.25. The number of carbonyl (C=O) groups is 1. The molecule has 0 amide bonds. The molecule has 2 aromatic rings. The van der Waals surface area contributed by atoms with Gasteiger partial charge in [-0.25, -0.2) is 14.3 Å². The molecule has 0 fully saturated rings. The normalized spacial score (nSPS) is 10.1. The van der Waals surface area contributed by atoms with Gasteiger partial charge in [-0.05, 0) is 12.1 Å². The van der Waals surface area contributed by atoms with Gasteiger partial charge in [-0.15, -0.1) is 0 Å². The van der Waals surface area contributed by atoms with Gasteiger partial charge in [-0.3, -0.25) is 0 Å². The summed E-state index contributed by atoms with van der Waals surface area (Å²) < 4.78 is 17.9. The number of aromatic carboxylic acids is 1. The van der Waals surface area contributed by atoms with Crippen LogP contribution in [0.4, 0.5) is 4.39 Å². The number of carboxylic acids is 1. The van der Waals surface area contributed by atoms with Crippen molar-refractivity contribution in [1.82, 2.24) is 15.4 Å². The van der Waals surface area contributed by atoms with Gasteiger partial charge in [0, 0.05) is 6.07 Å². The molecule has 1 aromatic carbocycles. The van der Waals surface area contributed by atoms with Crippen LogP contribution in [-0.2, 0) is 0 Å². The Morgan fingerprint density at radius 3 is 3.00 bits per heavy atom. The summed E-state index contributed by atoms with van der Waals surface area (Å²) in [5.74, 6) is -1.80. The number of nitrogens with zero attached hydrogens (tertiary/aromatic N) is 2. The highest BCUT2D eigenvalue weighted by molar-refractivity contribution is 5.87. The first-order valence-electron chi connectivity index (χ1n) is 4.24. The van der Waals surface area contributed by atoms with E-state index in [9.17, 15) is 9.18 Å². The summed E-state index contributed by atoms with van der Waals surface area (Å²) >= 11 is 0. The molecule has 6 nitrogen and oxygen atoms in total. The van der Waals surface area contributed by atoms with Crippen molar-refractivity contribution in [2.24, 2.45) is 0 Å². The van der Waals surface area contributed by atoms with Crippen LogP contribution in [0.3, 0.4) is 0 Å². The van der Waals surface area contributed by atoms with E-state index in [4.69, 9.17) is 9.84 Å². The lowest BCUT2D eigenvalue weighted by Crippen LogP contribution is -1.99. The van der Waals surface area contributed by atoms with Crippen molar-refractivity contribution in [3.8, 4) is 11.6 Å². The zero-order chi connectivity index (χ0) is 11.5. The number of benzene rings is 1. The second kappa shape index (κ2) is 3.97. The SMILES string of the molecule is O=C(O)c1[nH]nnc1Oc1cccc(F)c1. The topological polar surface area (TPSA) is 88.1 Å². The molecule has 0 spiro atoms. The fourth-order valence-electron chi connectivity index (χ4n) is 1.07. The smallest absolute Gasteiger partial charge is 0.359 e. The fourth-order valence-corrected chi connectivity index (χ4v) is 1.07. The van der Waals surface area contributed by atoms with Crippen molar-refractivity contribution >= 4 is 5.97 Å². The molecule has 0 aliphatic heterocycles. The number of H-pyrrole nitrogens is 1. The third-order valence-electron chi connectivity index (χ3n) is 1.74. The van der Waals surface area contributed by atoms with Crippen molar-refractivity contribution < 1.29 is 19.0 Å². The van der Waals surface area contributed by atoms with E-state index in [-0.39, 0.29) is 17.3 Å². The van der Waals surface area contributed by atoms with Gasteiger partial charge in [-0.2, -0.15) is 0 Å². The van der Waals surface area contributed by atoms with Crippen molar-refractivity contribution in [1.29, 1.82) is 0 Å². The Labute approximate surface area is 88.7 Å². The van der Waals surface area contributed by atoms with E-state index < -0.39 is 11.8 Å². The van der Waals surface area contributed by atoms with Crippen molar-refractivity contribution in [2.45, 2.75) is 0 Å². The highest BCUT2D eigenvalue weighted by Gasteiger charge is 2.16. The quantitative estimate of drug-likeness (QED) is 0.821. The predicted molar refractivity (Wildman–Crippen MR) is 49.8 cm³/mol. The van der Waals surface area contributed by atoms with Crippen molar-refractivity contribution in [3.05, 3.63) is 35.8 Å². The summed E-state index contributed by atoms with van der Waals surface area (Å²) in [6.45, 7) is 0. The maximum absolute atomic E-state index is 12.8. The molecule has 7 heteroatoms. The zero-order valence-electron chi connectivity index (χ0n) is 7.85. The van der Waals surface area contributed by atoms with Crippen LogP contribution in [0.1, 0.15) is 10.5 Å². The maximum atomic E-state index is 12.8. The van der Waals surface area contributed by atoms with Gasteiger partial charge >= 0.3 is 5.97 Å². The Kier molecular flexibility index (Phi) is 2.50. The molecule has 0 saturated carbocycles. The van der Waals surface area contributed by atoms with Gasteiger partial charge in [-0.1, -0.05) is 16.4 Å². The van der Waals surface area contributed by atoms with E-state index in [1.165, 1.54) is 18.2 Å². The second-order valence-electron chi connectivity index (χ2n) is 2.86. The predicted octanol–water partition coefficient (Wildman–Crippen LogP) is 1.43. The highest BCUT2D eigenvalue weighted by atomic mass is 19.1. The second-order valence-corrected chi connectivity index (χ2v) is 2.86. The minimum Gasteiger partial charge on any atom is -0.476 e. The molecule has 0 atom stereocenters. The molecule has 2 N–H and O–H groups in total. The Morgan fingerprint density at radius 1 is 1.50 bits per heavy atom. The first-order valence-corrected chi connectivity index (χ1v) is 4.24. The van der Waals surface area contributed by atoms with Crippen LogP contribution >= 0.6 is 0 Å². The van der Waals surface area contributed by atoms with E-state index in [0.717, 1.165) is 6.07 Å². The molecule has 16 heavy (non-hydrogen) atoms. The number of nitrogens with one attached hydrogen (secondary N) is 1. The van der Waals surface area contributed by atoms with Crippen LogP contribution in [-0.4, -0.2) is 26.5 Å². The summed E-state index contributed by atoms with van der Waals surface area (Å²) in [6.07, 6.45) is 0. The standard InChI is InChI=1S/C9H6FN3O3/c10-5-2-1-3-6(4-5)16-8-7(9(14)15)11-13-12-8/h1-4H,(H,14,15)(H,11,12,13). The average Bonchev–Trinajstić information content (AvgIpc) is 2.66. The van der Waals surface area contributed by atoms with Gasteiger partial charge in [0.25, 0.3) is 5.88 Å². The first kappa shape index (κ1) is 10.1. The molecule has 0 aliphatic carbocycles. The van der Waals surface area contributed by atoms with E-state index in [0.29, 0.717) is 0 Å². The van der Waals surface area contributed by atoms with Gasteiger partial charge in [0.1, 0.15) is 11.6 Å². The van der Waals surface area contributed by atoms with Crippen LogP contribution < -0.4 is 4.74 Å². The van der Waals surface area contributed by atoms with Gasteiger partial charge in [0.2, 0.25) is 5.69 Å². The molecular formula is C9H6FN3O3. The average molecular weight is 223 g/mol. The third kappa shape index (κ3) is 1.97. The third-order valence-corrected chi connectivity index (χ3v) is 1.74. The molecule has 0 saturated heterocycles. The lowest BCUT2D eigenvalue weighted by Gasteiger charge is -2.01. The molecule has 2 rings (SSSR count). The van der Waals surface area contributed by atoms with E-state index in [1.807, 2.05) is 0 Å². The number of halogens is 1. The molecule has 0 unspecified atom stereocenters. The Balaban J connectivity index is 2.27. The van der Waals surface area contributed by atoms with Crippen molar-refractivity contribution in [2.75, 3.05) is 0 Å². The van der Waals surface area contributed by atoms with Crippen LogP contribution in [0, 0.1) is 5.82 Å². The fraction of sp³-hybridized carbons (Fsp3) is 0. The summed E-state index contributed by atoms with van der Waals surface area (Å²) in [4.78, 5) is 10.7. The monoisotopic (exact) mass is 223 g/mol. The molecule has 82 valence electrons. The van der Waals surface area contributed by atoms with E-state index in [1.54, 1.807) is 0 Å². The number of hydrogen-bond acceptors (Lipinski definition) is 4.